The highest BCUT2D eigenvalue weighted by Gasteiger charge is 2.17. The molecule has 2 N–H and O–H groups in total. The second kappa shape index (κ2) is 7.62. The van der Waals surface area contributed by atoms with E-state index in [1.54, 1.807) is 0 Å². The van der Waals surface area contributed by atoms with E-state index in [0.29, 0.717) is 25.7 Å². The highest BCUT2D eigenvalue weighted by Crippen LogP contribution is 2.20. The van der Waals surface area contributed by atoms with Crippen molar-refractivity contribution in [2.75, 3.05) is 19.8 Å². The van der Waals surface area contributed by atoms with Crippen LogP contribution in [0.3, 0.4) is 0 Å². The van der Waals surface area contributed by atoms with Crippen molar-refractivity contribution in [1.82, 2.24) is 10.5 Å². The van der Waals surface area contributed by atoms with E-state index in [0.717, 1.165) is 17.0 Å². The molecule has 19 heavy (non-hydrogen) atoms. The molecule has 0 aliphatic carbocycles. The molecule has 110 valence electrons. The summed E-state index contributed by atoms with van der Waals surface area (Å²) in [7, 11) is 0. The van der Waals surface area contributed by atoms with E-state index in [4.69, 9.17) is 9.26 Å². The monoisotopic (exact) mass is 270 g/mol. The number of ether oxygens (including phenoxy) is 1. The molecule has 1 rings (SSSR count). The molecule has 5 heteroatoms. The van der Waals surface area contributed by atoms with Gasteiger partial charge in [-0.05, 0) is 26.7 Å². The number of nitrogens with zero attached hydrogens (tertiary/aromatic N) is 1. The number of hydrogen-bond donors (Lipinski definition) is 2. The van der Waals surface area contributed by atoms with Crippen LogP contribution < -0.4 is 5.32 Å². The van der Waals surface area contributed by atoms with Gasteiger partial charge in [-0.15, -0.1) is 0 Å². The molecule has 0 fully saturated rings. The Morgan fingerprint density at radius 1 is 1.26 bits per heavy atom. The van der Waals surface area contributed by atoms with Gasteiger partial charge in [0.25, 0.3) is 0 Å². The van der Waals surface area contributed by atoms with Gasteiger partial charge in [-0.3, -0.25) is 0 Å². The number of aryl methyl sites for hydroxylation is 2. The van der Waals surface area contributed by atoms with Gasteiger partial charge in [0.2, 0.25) is 0 Å². The summed E-state index contributed by atoms with van der Waals surface area (Å²) < 4.78 is 10.5. The molecule has 5 nitrogen and oxygen atoms in total. The van der Waals surface area contributed by atoms with E-state index in [1.807, 2.05) is 20.8 Å². The Balaban J connectivity index is 2.32. The first kappa shape index (κ1) is 16.1. The van der Waals surface area contributed by atoms with Crippen molar-refractivity contribution >= 4 is 0 Å². The summed E-state index contributed by atoms with van der Waals surface area (Å²) in [6.07, 6.45) is -0.498. The molecule has 0 saturated carbocycles. The van der Waals surface area contributed by atoms with Crippen LogP contribution in [0.1, 0.15) is 43.8 Å². The van der Waals surface area contributed by atoms with Crippen LogP contribution in [0.2, 0.25) is 0 Å². The molecule has 1 aromatic rings. The fourth-order valence-corrected chi connectivity index (χ4v) is 2.02. The molecule has 2 unspecified atom stereocenters. The Kier molecular flexibility index (Phi) is 6.48. The van der Waals surface area contributed by atoms with Gasteiger partial charge in [0.15, 0.2) is 0 Å². The molecule has 0 radical (unpaired) electrons. The minimum absolute atomic E-state index is 0.103. The van der Waals surface area contributed by atoms with Gasteiger partial charge in [0.1, 0.15) is 5.76 Å². The minimum Gasteiger partial charge on any atom is -0.389 e. The van der Waals surface area contributed by atoms with Gasteiger partial charge in [-0.1, -0.05) is 19.0 Å². The van der Waals surface area contributed by atoms with Crippen LogP contribution in [0, 0.1) is 19.8 Å². The summed E-state index contributed by atoms with van der Waals surface area (Å²) in [4.78, 5) is 0. The van der Waals surface area contributed by atoms with E-state index in [9.17, 15) is 5.11 Å². The van der Waals surface area contributed by atoms with Gasteiger partial charge >= 0.3 is 0 Å². The average Bonchev–Trinajstić information content (AvgIpc) is 2.65. The molecule has 1 aromatic heterocycles. The van der Waals surface area contributed by atoms with Crippen LogP contribution in [0.4, 0.5) is 0 Å². The normalized spacial score (nSPS) is 14.9. The Hall–Kier alpha value is -0.910. The van der Waals surface area contributed by atoms with Crippen LogP contribution in [-0.4, -0.2) is 36.1 Å². The maximum absolute atomic E-state index is 9.82. The predicted molar refractivity (Wildman–Crippen MR) is 74.1 cm³/mol. The third-order valence-corrected chi connectivity index (χ3v) is 2.94. The molecular weight excluding hydrogens is 244 g/mol. The SMILES string of the molecule is Cc1noc(C)c1C(C)NCC(O)COCC(C)C. The number of aromatic nitrogens is 1. The van der Waals surface area contributed by atoms with E-state index in [-0.39, 0.29) is 6.04 Å². The molecule has 0 saturated heterocycles. The van der Waals surface area contributed by atoms with Crippen molar-refractivity contribution < 1.29 is 14.4 Å². The largest absolute Gasteiger partial charge is 0.389 e. The Labute approximate surface area is 115 Å². The lowest BCUT2D eigenvalue weighted by atomic mass is 10.1. The lowest BCUT2D eigenvalue weighted by Gasteiger charge is -2.17. The average molecular weight is 270 g/mol. The highest BCUT2D eigenvalue weighted by molar-refractivity contribution is 5.24. The van der Waals surface area contributed by atoms with Gasteiger partial charge < -0.3 is 19.7 Å². The smallest absolute Gasteiger partial charge is 0.138 e. The fourth-order valence-electron chi connectivity index (χ4n) is 2.02. The Morgan fingerprint density at radius 2 is 1.95 bits per heavy atom. The second-order valence-electron chi connectivity index (χ2n) is 5.45. The number of aliphatic hydroxyl groups is 1. The zero-order valence-electron chi connectivity index (χ0n) is 12.6. The van der Waals surface area contributed by atoms with Crippen LogP contribution in [0.25, 0.3) is 0 Å². The third kappa shape index (κ3) is 5.30. The topological polar surface area (TPSA) is 67.5 Å². The summed E-state index contributed by atoms with van der Waals surface area (Å²) in [6.45, 7) is 11.6. The van der Waals surface area contributed by atoms with Crippen LogP contribution in [-0.2, 0) is 4.74 Å². The summed E-state index contributed by atoms with van der Waals surface area (Å²) in [5, 5.41) is 17.0. The summed E-state index contributed by atoms with van der Waals surface area (Å²) >= 11 is 0. The second-order valence-corrected chi connectivity index (χ2v) is 5.45. The predicted octanol–water partition coefficient (Wildman–Crippen LogP) is 1.98. The van der Waals surface area contributed by atoms with E-state index < -0.39 is 6.10 Å². The van der Waals surface area contributed by atoms with Crippen molar-refractivity contribution in [2.45, 2.75) is 46.8 Å². The van der Waals surface area contributed by atoms with Crippen LogP contribution in [0.15, 0.2) is 4.52 Å². The molecule has 0 bridgehead atoms. The standard InChI is InChI=1S/C14H26N2O3/c1-9(2)7-18-8-13(17)6-15-10(3)14-11(4)16-19-12(14)5/h9-10,13,15,17H,6-8H2,1-5H3. The molecule has 0 amide bonds. The zero-order chi connectivity index (χ0) is 14.4. The van der Waals surface area contributed by atoms with E-state index in [1.165, 1.54) is 0 Å². The molecule has 2 atom stereocenters. The first-order valence-corrected chi connectivity index (χ1v) is 6.83. The summed E-state index contributed by atoms with van der Waals surface area (Å²) in [5.74, 6) is 1.31. The van der Waals surface area contributed by atoms with Gasteiger partial charge in [-0.2, -0.15) is 0 Å². The summed E-state index contributed by atoms with van der Waals surface area (Å²) in [5.41, 5.74) is 1.96. The molecule has 0 aliphatic rings. The van der Waals surface area contributed by atoms with Gasteiger partial charge in [-0.25, -0.2) is 0 Å². The van der Waals surface area contributed by atoms with Crippen molar-refractivity contribution in [1.29, 1.82) is 0 Å². The van der Waals surface area contributed by atoms with Crippen molar-refractivity contribution in [2.24, 2.45) is 5.92 Å². The molecule has 0 aromatic carbocycles. The number of nitrogens with one attached hydrogen (secondary N) is 1. The first-order valence-electron chi connectivity index (χ1n) is 6.83. The minimum atomic E-state index is -0.498. The highest BCUT2D eigenvalue weighted by atomic mass is 16.5. The Bertz CT molecular complexity index is 357. The lowest BCUT2D eigenvalue weighted by Crippen LogP contribution is -2.32. The molecule has 0 aliphatic heterocycles. The van der Waals surface area contributed by atoms with Crippen LogP contribution >= 0.6 is 0 Å². The lowest BCUT2D eigenvalue weighted by molar-refractivity contribution is 0.0251. The third-order valence-electron chi connectivity index (χ3n) is 2.94. The van der Waals surface area contributed by atoms with Gasteiger partial charge in [0.05, 0.1) is 18.4 Å². The van der Waals surface area contributed by atoms with Crippen molar-refractivity contribution in [3.05, 3.63) is 17.0 Å². The first-order chi connectivity index (χ1) is 8.91. The van der Waals surface area contributed by atoms with Crippen molar-refractivity contribution in [3.63, 3.8) is 0 Å². The van der Waals surface area contributed by atoms with E-state index >= 15 is 0 Å². The number of hydrogen-bond acceptors (Lipinski definition) is 5. The fraction of sp³-hybridized carbons (Fsp3) is 0.786. The maximum Gasteiger partial charge on any atom is 0.138 e. The van der Waals surface area contributed by atoms with Crippen LogP contribution in [0.5, 0.6) is 0 Å². The Morgan fingerprint density at radius 3 is 2.47 bits per heavy atom. The van der Waals surface area contributed by atoms with Crippen molar-refractivity contribution in [3.8, 4) is 0 Å². The molecule has 1 heterocycles. The quantitative estimate of drug-likeness (QED) is 0.756. The molecule has 0 spiro atoms. The van der Waals surface area contributed by atoms with E-state index in [2.05, 4.69) is 24.3 Å². The maximum atomic E-state index is 9.82. The summed E-state index contributed by atoms with van der Waals surface area (Å²) in [6, 6.07) is 0.103. The van der Waals surface area contributed by atoms with Gasteiger partial charge in [0, 0.05) is 24.8 Å². The number of rotatable bonds is 8. The molecular formula is C14H26N2O3. The number of aliphatic hydroxyl groups excluding tert-OH is 1. The zero-order valence-corrected chi connectivity index (χ0v) is 12.6.